The molecule has 4 N–H and O–H groups in total. The summed E-state index contributed by atoms with van der Waals surface area (Å²) in [6.45, 7) is 6.46. The van der Waals surface area contributed by atoms with Crippen LogP contribution in [-0.4, -0.2) is 10.7 Å². The summed E-state index contributed by atoms with van der Waals surface area (Å²) in [5, 5.41) is 3.75. The smallest absolute Gasteiger partial charge is 0.181 e. The Labute approximate surface area is 80.1 Å². The number of nitrogens with one attached hydrogen (secondary N) is 2. The van der Waals surface area contributed by atoms with Crippen LogP contribution >= 0.6 is 12.2 Å². The second-order valence-electron chi connectivity index (χ2n) is 2.94. The summed E-state index contributed by atoms with van der Waals surface area (Å²) in [5.41, 5.74) is 2.56. The Morgan fingerprint density at radius 3 is 1.92 bits per heavy atom. The monoisotopic (exact) mass is 189 g/mol. The van der Waals surface area contributed by atoms with Crippen LogP contribution in [0.3, 0.4) is 0 Å². The van der Waals surface area contributed by atoms with Crippen LogP contribution in [0.4, 0.5) is 0 Å². The Balaban J connectivity index is 4.19. The molecule has 0 aliphatic carbocycles. The fourth-order valence-corrected chi connectivity index (χ4v) is 1.51. The molecular weight excluding hydrogens is 170 g/mol. The summed E-state index contributed by atoms with van der Waals surface area (Å²) in [6, 6.07) is 0. The van der Waals surface area contributed by atoms with E-state index in [4.69, 9.17) is 18.1 Å². The van der Waals surface area contributed by atoms with Crippen molar-refractivity contribution in [3.63, 3.8) is 0 Å². The maximum absolute atomic E-state index is 5.19. The molecule has 4 heteroatoms. The molecule has 0 fully saturated rings. The predicted octanol–water partition coefficient (Wildman–Crippen LogP) is 1.29. The average Bonchev–Trinajstić information content (AvgIpc) is 2.14. The van der Waals surface area contributed by atoms with Gasteiger partial charge in [0.15, 0.2) is 5.11 Å². The molecule has 0 aromatic carbocycles. The third kappa shape index (κ3) is 2.95. The lowest BCUT2D eigenvalue weighted by molar-refractivity contribution is 0.338. The van der Waals surface area contributed by atoms with Gasteiger partial charge >= 0.3 is 0 Å². The summed E-state index contributed by atoms with van der Waals surface area (Å²) in [6.07, 6.45) is 3.17. The van der Waals surface area contributed by atoms with Crippen molar-refractivity contribution in [2.45, 2.75) is 45.6 Å². The Bertz CT molecular complexity index is 135. The van der Waals surface area contributed by atoms with E-state index < -0.39 is 0 Å². The first-order chi connectivity index (χ1) is 5.64. The van der Waals surface area contributed by atoms with E-state index >= 15 is 0 Å². The number of hydrogen-bond donors (Lipinski definition) is 3. The van der Waals surface area contributed by atoms with Gasteiger partial charge in [-0.2, -0.15) is 0 Å². The molecule has 0 aliphatic heterocycles. The van der Waals surface area contributed by atoms with E-state index in [9.17, 15) is 0 Å². The van der Waals surface area contributed by atoms with Crippen LogP contribution in [0.15, 0.2) is 0 Å². The van der Waals surface area contributed by atoms with Gasteiger partial charge in [0.1, 0.15) is 0 Å². The first-order valence-corrected chi connectivity index (χ1v) is 4.83. The summed E-state index contributed by atoms with van der Waals surface area (Å²) < 4.78 is 0. The van der Waals surface area contributed by atoms with Crippen molar-refractivity contribution in [1.82, 2.24) is 10.7 Å². The Morgan fingerprint density at radius 2 is 1.67 bits per heavy atom. The zero-order chi connectivity index (χ0) is 9.61. The van der Waals surface area contributed by atoms with Gasteiger partial charge in [0, 0.05) is 5.54 Å². The summed E-state index contributed by atoms with van der Waals surface area (Å²) >= 11 is 4.96. The Hall–Kier alpha value is -0.350. The third-order valence-electron chi connectivity index (χ3n) is 2.54. The number of thiocarbonyl (C=S) groups is 1. The van der Waals surface area contributed by atoms with Crippen LogP contribution < -0.4 is 16.6 Å². The fraction of sp³-hybridized carbons (Fsp3) is 0.875. The van der Waals surface area contributed by atoms with Crippen molar-refractivity contribution in [2.24, 2.45) is 5.84 Å². The molecule has 0 atom stereocenters. The third-order valence-corrected chi connectivity index (χ3v) is 2.76. The van der Waals surface area contributed by atoms with Crippen LogP contribution in [0.1, 0.15) is 40.0 Å². The van der Waals surface area contributed by atoms with Gasteiger partial charge in [0.2, 0.25) is 0 Å². The second kappa shape index (κ2) is 5.32. The molecular formula is C8H19N3S. The Morgan fingerprint density at radius 1 is 1.25 bits per heavy atom. The van der Waals surface area contributed by atoms with Crippen molar-refractivity contribution < 1.29 is 0 Å². The maximum atomic E-state index is 5.19. The molecule has 0 heterocycles. The van der Waals surface area contributed by atoms with E-state index in [1.807, 2.05) is 0 Å². The molecule has 0 bridgehead atoms. The van der Waals surface area contributed by atoms with E-state index in [2.05, 4.69) is 31.5 Å². The number of rotatable bonds is 4. The van der Waals surface area contributed by atoms with Crippen molar-refractivity contribution >= 4 is 17.3 Å². The number of hydrogen-bond acceptors (Lipinski definition) is 2. The van der Waals surface area contributed by atoms with Crippen LogP contribution in [0, 0.1) is 0 Å². The molecule has 0 saturated heterocycles. The maximum Gasteiger partial charge on any atom is 0.181 e. The molecule has 0 aliphatic rings. The van der Waals surface area contributed by atoms with Gasteiger partial charge in [0.05, 0.1) is 0 Å². The highest BCUT2D eigenvalue weighted by atomic mass is 32.1. The summed E-state index contributed by atoms with van der Waals surface area (Å²) in [5.74, 6) is 5.19. The van der Waals surface area contributed by atoms with Gasteiger partial charge in [0.25, 0.3) is 0 Å². The van der Waals surface area contributed by atoms with E-state index in [1.165, 1.54) is 0 Å². The van der Waals surface area contributed by atoms with E-state index in [-0.39, 0.29) is 5.54 Å². The topological polar surface area (TPSA) is 50.1 Å². The molecule has 0 aromatic rings. The highest BCUT2D eigenvalue weighted by Crippen LogP contribution is 2.18. The molecule has 0 spiro atoms. The fourth-order valence-electron chi connectivity index (χ4n) is 1.29. The van der Waals surface area contributed by atoms with Gasteiger partial charge < -0.3 is 10.7 Å². The number of hydrazine groups is 1. The lowest BCUT2D eigenvalue weighted by Gasteiger charge is -2.32. The Kier molecular flexibility index (Phi) is 5.17. The van der Waals surface area contributed by atoms with Crippen LogP contribution in [0.5, 0.6) is 0 Å². The first kappa shape index (κ1) is 11.6. The summed E-state index contributed by atoms with van der Waals surface area (Å²) in [4.78, 5) is 0. The highest BCUT2D eigenvalue weighted by Gasteiger charge is 2.23. The molecule has 0 rings (SSSR count). The highest BCUT2D eigenvalue weighted by molar-refractivity contribution is 7.80. The minimum Gasteiger partial charge on any atom is -0.356 e. The quantitative estimate of drug-likeness (QED) is 0.354. The average molecular weight is 189 g/mol. The van der Waals surface area contributed by atoms with Crippen molar-refractivity contribution in [2.75, 3.05) is 0 Å². The molecule has 0 amide bonds. The molecule has 3 nitrogen and oxygen atoms in total. The minimum absolute atomic E-state index is 0.115. The van der Waals surface area contributed by atoms with E-state index in [0.29, 0.717) is 5.11 Å². The number of nitrogens with two attached hydrogens (primary N) is 1. The molecule has 0 saturated carbocycles. The van der Waals surface area contributed by atoms with Crippen LogP contribution in [0.2, 0.25) is 0 Å². The minimum atomic E-state index is 0.115. The van der Waals surface area contributed by atoms with Gasteiger partial charge in [-0.25, -0.2) is 5.84 Å². The normalized spacial score (nSPS) is 11.0. The largest absolute Gasteiger partial charge is 0.356 e. The van der Waals surface area contributed by atoms with Gasteiger partial charge in [-0.05, 0) is 31.5 Å². The molecule has 12 heavy (non-hydrogen) atoms. The van der Waals surface area contributed by atoms with Gasteiger partial charge in [-0.3, -0.25) is 0 Å². The lowest BCUT2D eigenvalue weighted by Crippen LogP contribution is -2.52. The van der Waals surface area contributed by atoms with Gasteiger partial charge in [-0.15, -0.1) is 0 Å². The summed E-state index contributed by atoms with van der Waals surface area (Å²) in [7, 11) is 0. The second-order valence-corrected chi connectivity index (χ2v) is 3.35. The molecule has 0 aromatic heterocycles. The van der Waals surface area contributed by atoms with E-state index in [1.54, 1.807) is 0 Å². The standard InChI is InChI=1S/C8H19N3S/c1-4-8(5-2,6-3)10-7(12)11-9/h4-6,9H2,1-3H3,(H2,10,11,12). The predicted molar refractivity (Wildman–Crippen MR) is 56.7 cm³/mol. The van der Waals surface area contributed by atoms with Gasteiger partial charge in [-0.1, -0.05) is 20.8 Å². The van der Waals surface area contributed by atoms with Crippen molar-refractivity contribution in [3.8, 4) is 0 Å². The zero-order valence-corrected chi connectivity index (χ0v) is 8.92. The molecule has 72 valence electrons. The van der Waals surface area contributed by atoms with Crippen molar-refractivity contribution in [3.05, 3.63) is 0 Å². The van der Waals surface area contributed by atoms with E-state index in [0.717, 1.165) is 19.3 Å². The van der Waals surface area contributed by atoms with Crippen LogP contribution in [0.25, 0.3) is 0 Å². The zero-order valence-electron chi connectivity index (χ0n) is 8.11. The SMILES string of the molecule is CCC(CC)(CC)NC(=S)NN. The first-order valence-electron chi connectivity index (χ1n) is 4.42. The lowest BCUT2D eigenvalue weighted by atomic mass is 9.90. The van der Waals surface area contributed by atoms with Crippen LogP contribution in [-0.2, 0) is 0 Å². The van der Waals surface area contributed by atoms with Crippen molar-refractivity contribution in [1.29, 1.82) is 0 Å². The molecule has 0 radical (unpaired) electrons. The molecule has 0 unspecified atom stereocenters.